The van der Waals surface area contributed by atoms with Crippen molar-refractivity contribution in [3.63, 3.8) is 0 Å². The van der Waals surface area contributed by atoms with Crippen molar-refractivity contribution < 1.29 is 0 Å². The van der Waals surface area contributed by atoms with Gasteiger partial charge in [-0.25, -0.2) is 0 Å². The monoisotopic (exact) mass is 1060 g/mol. The van der Waals surface area contributed by atoms with Gasteiger partial charge in [0.15, 0.2) is 0 Å². The molecule has 6 heteroatoms. The fraction of sp³-hybridized carbons (Fsp3) is 0.108. The van der Waals surface area contributed by atoms with Crippen LogP contribution in [0, 0.1) is 13.8 Å². The zero-order chi connectivity index (χ0) is 54.3. The second-order valence-electron chi connectivity index (χ2n) is 24.3. The van der Waals surface area contributed by atoms with Gasteiger partial charge in [-0.15, -0.1) is 0 Å². The summed E-state index contributed by atoms with van der Waals surface area (Å²) in [5.74, 6) is 0. The molecule has 0 atom stereocenters. The summed E-state index contributed by atoms with van der Waals surface area (Å²) in [5, 5.41) is 12.9. The summed E-state index contributed by atoms with van der Waals surface area (Å²) >= 11 is 0. The zero-order valence-electron chi connectivity index (χ0n) is 46.7. The van der Waals surface area contributed by atoms with Gasteiger partial charge in [0.05, 0.1) is 72.0 Å². The number of para-hydroxylation sites is 2. The SMILES string of the molecule is Cc1ccc(N(c2ccc([Si](C)(C)C)cc2-c2ccccc2)c2ccc3c4cc5c(cc4n4c6ccccc6c2c34)c2ccc(N(c3ccc(C)cc3)c3ccc([Si](C)(C)C)cc3-c3ccccc3)c3c4ccccc4n5c23)cc1. The van der Waals surface area contributed by atoms with E-state index in [1.807, 2.05) is 0 Å². The van der Waals surface area contributed by atoms with Gasteiger partial charge >= 0.3 is 0 Å². The Balaban J connectivity index is 1.00. The average molecular weight is 1060 g/mol. The molecule has 0 aliphatic rings. The second kappa shape index (κ2) is 17.8. The second-order valence-corrected chi connectivity index (χ2v) is 34.5. The number of hydrogen-bond acceptors (Lipinski definition) is 2. The molecule has 0 saturated carbocycles. The van der Waals surface area contributed by atoms with Gasteiger partial charge in [-0.3, -0.25) is 0 Å². The smallest absolute Gasteiger partial charge is 0.0776 e. The van der Waals surface area contributed by atoms with Crippen LogP contribution in [0.15, 0.2) is 231 Å². The average Bonchev–Trinajstić information content (AvgIpc) is 2.96. The summed E-state index contributed by atoms with van der Waals surface area (Å²) in [7, 11) is -3.35. The number of aromatic nitrogens is 2. The van der Waals surface area contributed by atoms with E-state index >= 15 is 0 Å². The lowest BCUT2D eigenvalue weighted by atomic mass is 9.99. The third-order valence-electron chi connectivity index (χ3n) is 17.2. The molecule has 0 spiro atoms. The highest BCUT2D eigenvalue weighted by molar-refractivity contribution is 6.89. The Morgan fingerprint density at radius 2 is 0.662 bits per heavy atom. The minimum Gasteiger partial charge on any atom is -0.309 e. The predicted molar refractivity (Wildman–Crippen MR) is 351 cm³/mol. The van der Waals surface area contributed by atoms with Crippen molar-refractivity contribution in [1.29, 1.82) is 0 Å². The number of anilines is 6. The van der Waals surface area contributed by atoms with Crippen LogP contribution in [0.3, 0.4) is 0 Å². The zero-order valence-corrected chi connectivity index (χ0v) is 48.7. The van der Waals surface area contributed by atoms with Crippen molar-refractivity contribution in [2.45, 2.75) is 53.1 Å². The van der Waals surface area contributed by atoms with Crippen LogP contribution in [-0.4, -0.2) is 24.9 Å². The molecule has 0 fully saturated rings. The van der Waals surface area contributed by atoms with E-state index < -0.39 is 16.1 Å². The van der Waals surface area contributed by atoms with Crippen LogP contribution in [0.4, 0.5) is 34.1 Å². The maximum atomic E-state index is 2.57. The van der Waals surface area contributed by atoms with E-state index in [2.05, 4.69) is 302 Å². The maximum Gasteiger partial charge on any atom is 0.0776 e. The number of nitrogens with zero attached hydrogens (tertiary/aromatic N) is 4. The number of rotatable bonds is 10. The molecule has 0 unspecified atom stereocenters. The van der Waals surface area contributed by atoms with E-state index in [0.29, 0.717) is 0 Å². The Kier molecular flexibility index (Phi) is 10.7. The topological polar surface area (TPSA) is 15.3 Å². The number of fused-ring (bicyclic) bond motifs is 12. The standard InChI is InChI=1S/C74H62N4Si2/c1-47-27-31-51(32-28-47)75(65-39-35-53(79(3,4)5)43-59(65)49-19-11-9-12-20-49)67-41-37-55-61-45-70-62(46-69(61)77-63-25-17-15-23-57(63)71(67)73(55)77)56-38-42-68(72-58-24-16-18-26-64(58)78(70)74(56)72)76(52-33-29-48(2)30-34-52)66-40-36-54(80(6,7)8)44-60(66)50-21-13-10-14-22-50/h9-46H,1-8H3. The van der Waals surface area contributed by atoms with Gasteiger partial charge < -0.3 is 18.6 Å². The van der Waals surface area contributed by atoms with E-state index in [-0.39, 0.29) is 0 Å². The van der Waals surface area contributed by atoms with Crippen LogP contribution in [0.2, 0.25) is 39.3 Å². The van der Waals surface area contributed by atoms with Crippen LogP contribution < -0.4 is 20.2 Å². The number of benzene rings is 11. The minimum atomic E-state index is -1.67. The molecule has 386 valence electrons. The van der Waals surface area contributed by atoms with Gasteiger partial charge in [0.25, 0.3) is 0 Å². The van der Waals surface area contributed by atoms with Crippen molar-refractivity contribution in [3.8, 4) is 22.3 Å². The van der Waals surface area contributed by atoms with Crippen molar-refractivity contribution >= 4 is 137 Å². The van der Waals surface area contributed by atoms with Crippen LogP contribution in [0.5, 0.6) is 0 Å². The fourth-order valence-corrected chi connectivity index (χ4v) is 15.5. The number of hydrogen-bond donors (Lipinski definition) is 0. The molecule has 4 aromatic heterocycles. The van der Waals surface area contributed by atoms with Crippen LogP contribution >= 0.6 is 0 Å². The predicted octanol–water partition coefficient (Wildman–Crippen LogP) is 20.0. The molecule has 0 bridgehead atoms. The van der Waals surface area contributed by atoms with Crippen molar-refractivity contribution in [2.75, 3.05) is 9.80 Å². The molecule has 15 aromatic rings. The molecule has 4 nitrogen and oxygen atoms in total. The van der Waals surface area contributed by atoms with Gasteiger partial charge in [-0.1, -0.05) is 219 Å². The summed E-state index contributed by atoms with van der Waals surface area (Å²) < 4.78 is 5.15. The highest BCUT2D eigenvalue weighted by atomic mass is 28.3. The molecule has 4 heterocycles. The quantitative estimate of drug-likeness (QED) is 0.127. The van der Waals surface area contributed by atoms with Crippen LogP contribution in [0.1, 0.15) is 11.1 Å². The van der Waals surface area contributed by atoms with Crippen molar-refractivity contribution in [3.05, 3.63) is 242 Å². The Morgan fingerprint density at radius 3 is 1.05 bits per heavy atom. The first-order chi connectivity index (χ1) is 38.8. The molecular weight excluding hydrogens is 1000 g/mol. The molecule has 15 rings (SSSR count). The molecule has 0 aliphatic heterocycles. The Hall–Kier alpha value is -8.95. The lowest BCUT2D eigenvalue weighted by molar-refractivity contribution is 1.29. The van der Waals surface area contributed by atoms with E-state index in [0.717, 1.165) is 11.4 Å². The lowest BCUT2D eigenvalue weighted by Gasteiger charge is -2.30. The summed E-state index contributed by atoms with van der Waals surface area (Å²) in [6.07, 6.45) is 0. The molecule has 0 N–H and O–H groups in total. The molecule has 0 aliphatic carbocycles. The van der Waals surface area contributed by atoms with Gasteiger partial charge in [0, 0.05) is 65.6 Å². The Morgan fingerprint density at radius 1 is 0.300 bits per heavy atom. The van der Waals surface area contributed by atoms with E-state index in [9.17, 15) is 0 Å². The van der Waals surface area contributed by atoms with Crippen molar-refractivity contribution in [2.24, 2.45) is 0 Å². The normalized spacial score (nSPS) is 12.5. The molecule has 0 amide bonds. The summed E-state index contributed by atoms with van der Waals surface area (Å²) in [6, 6.07) is 87.5. The van der Waals surface area contributed by atoms with Crippen LogP contribution in [0.25, 0.3) is 98.4 Å². The summed E-state index contributed by atoms with van der Waals surface area (Å²) in [6.45, 7) is 19.0. The first kappa shape index (κ1) is 48.2. The third-order valence-corrected chi connectivity index (χ3v) is 21.3. The first-order valence-electron chi connectivity index (χ1n) is 28.3. The van der Waals surface area contributed by atoms with Gasteiger partial charge in [-0.05, 0) is 97.8 Å². The van der Waals surface area contributed by atoms with E-state index in [4.69, 9.17) is 0 Å². The molecule has 0 radical (unpaired) electrons. The maximum absolute atomic E-state index is 2.57. The van der Waals surface area contributed by atoms with Gasteiger partial charge in [-0.2, -0.15) is 0 Å². The highest BCUT2D eigenvalue weighted by Crippen LogP contribution is 2.53. The van der Waals surface area contributed by atoms with E-state index in [1.165, 1.54) is 143 Å². The largest absolute Gasteiger partial charge is 0.309 e. The highest BCUT2D eigenvalue weighted by Gasteiger charge is 2.31. The van der Waals surface area contributed by atoms with Crippen LogP contribution in [-0.2, 0) is 0 Å². The molecule has 0 saturated heterocycles. The Bertz CT molecular complexity index is 4590. The van der Waals surface area contributed by atoms with Gasteiger partial charge in [0.1, 0.15) is 0 Å². The van der Waals surface area contributed by atoms with Crippen molar-refractivity contribution in [1.82, 2.24) is 8.80 Å². The van der Waals surface area contributed by atoms with Gasteiger partial charge in [0.2, 0.25) is 0 Å². The Labute approximate surface area is 469 Å². The first-order valence-corrected chi connectivity index (χ1v) is 35.3. The summed E-state index contributed by atoms with van der Waals surface area (Å²) in [5.41, 5.74) is 21.7. The number of aryl methyl sites for hydroxylation is 2. The molecule has 11 aromatic carbocycles. The summed E-state index contributed by atoms with van der Waals surface area (Å²) in [4.78, 5) is 5.07. The molecule has 80 heavy (non-hydrogen) atoms. The molecular formula is C74H62N4Si2. The lowest BCUT2D eigenvalue weighted by Crippen LogP contribution is -2.37. The fourth-order valence-electron chi connectivity index (χ4n) is 13.1. The third kappa shape index (κ3) is 7.32. The minimum absolute atomic E-state index is 1.13. The van der Waals surface area contributed by atoms with E-state index in [1.54, 1.807) is 0 Å².